The number of anilines is 1. The molecule has 3 aromatic rings. The molecule has 0 N–H and O–H groups in total. The van der Waals surface area contributed by atoms with Crippen LogP contribution in [0.4, 0.5) is 10.7 Å². The van der Waals surface area contributed by atoms with Crippen molar-refractivity contribution in [2.75, 3.05) is 38.3 Å². The van der Waals surface area contributed by atoms with Gasteiger partial charge in [0.25, 0.3) is 0 Å². The lowest BCUT2D eigenvalue weighted by atomic mass is 10.0. The SMILES string of the molecule is COC(=O)c1cc(-c2cccn2C(=O)OC(C)(C)C)c2oc(N3CCOCC3)cc(=O)c2c1. The number of fused-ring (bicyclic) bond motifs is 1. The number of morpholine rings is 1. The van der Waals surface area contributed by atoms with E-state index in [4.69, 9.17) is 18.6 Å². The van der Waals surface area contributed by atoms with Crippen molar-refractivity contribution in [3.05, 3.63) is 52.3 Å². The maximum Gasteiger partial charge on any atom is 0.418 e. The van der Waals surface area contributed by atoms with E-state index in [0.717, 1.165) is 0 Å². The highest BCUT2D eigenvalue weighted by Gasteiger charge is 2.24. The minimum atomic E-state index is -0.704. The fourth-order valence-electron chi connectivity index (χ4n) is 3.68. The Bertz CT molecular complexity index is 1260. The molecule has 4 rings (SSSR count). The topological polar surface area (TPSA) is 100 Å². The van der Waals surface area contributed by atoms with Crippen LogP contribution in [0.1, 0.15) is 31.1 Å². The zero-order valence-electron chi connectivity index (χ0n) is 19.0. The van der Waals surface area contributed by atoms with Crippen molar-refractivity contribution in [3.63, 3.8) is 0 Å². The molecule has 33 heavy (non-hydrogen) atoms. The average Bonchev–Trinajstić information content (AvgIpc) is 3.27. The van der Waals surface area contributed by atoms with Crippen LogP contribution < -0.4 is 10.3 Å². The predicted molar refractivity (Wildman–Crippen MR) is 122 cm³/mol. The van der Waals surface area contributed by atoms with E-state index in [9.17, 15) is 14.4 Å². The fraction of sp³-hybridized carbons (Fsp3) is 0.375. The van der Waals surface area contributed by atoms with E-state index in [1.165, 1.54) is 23.8 Å². The Balaban J connectivity index is 1.94. The third kappa shape index (κ3) is 4.63. The summed E-state index contributed by atoms with van der Waals surface area (Å²) in [5.41, 5.74) is 0.242. The summed E-state index contributed by atoms with van der Waals surface area (Å²) in [7, 11) is 1.26. The molecule has 9 nitrogen and oxygen atoms in total. The molecule has 0 atom stereocenters. The van der Waals surface area contributed by atoms with Crippen molar-refractivity contribution in [1.82, 2.24) is 4.57 Å². The molecule has 1 aromatic carbocycles. The molecule has 174 valence electrons. The third-order valence-electron chi connectivity index (χ3n) is 5.17. The van der Waals surface area contributed by atoms with E-state index in [1.807, 2.05) is 4.90 Å². The number of ether oxygens (including phenoxy) is 3. The summed E-state index contributed by atoms with van der Waals surface area (Å²) in [6, 6.07) is 7.78. The monoisotopic (exact) mass is 454 g/mol. The van der Waals surface area contributed by atoms with Gasteiger partial charge in [-0.1, -0.05) is 0 Å². The molecule has 0 aliphatic carbocycles. The molecule has 0 spiro atoms. The van der Waals surface area contributed by atoms with E-state index in [1.54, 1.807) is 45.2 Å². The highest BCUT2D eigenvalue weighted by atomic mass is 16.6. The molecule has 1 saturated heterocycles. The van der Waals surface area contributed by atoms with Gasteiger partial charge in [0.2, 0.25) is 0 Å². The summed E-state index contributed by atoms with van der Waals surface area (Å²) in [5.74, 6) is -0.205. The second kappa shape index (κ2) is 8.74. The summed E-state index contributed by atoms with van der Waals surface area (Å²) >= 11 is 0. The van der Waals surface area contributed by atoms with Gasteiger partial charge in [-0.15, -0.1) is 0 Å². The molecule has 1 fully saturated rings. The first-order chi connectivity index (χ1) is 15.7. The Morgan fingerprint density at radius 3 is 2.48 bits per heavy atom. The molecular formula is C24H26N2O7. The second-order valence-electron chi connectivity index (χ2n) is 8.68. The first-order valence-electron chi connectivity index (χ1n) is 10.6. The number of hydrogen-bond acceptors (Lipinski definition) is 8. The van der Waals surface area contributed by atoms with Gasteiger partial charge in [-0.05, 0) is 45.0 Å². The van der Waals surface area contributed by atoms with Crippen molar-refractivity contribution in [1.29, 1.82) is 0 Å². The fourth-order valence-corrected chi connectivity index (χ4v) is 3.68. The van der Waals surface area contributed by atoms with Gasteiger partial charge in [0.1, 0.15) is 11.2 Å². The number of nitrogens with zero attached hydrogens (tertiary/aromatic N) is 2. The first kappa shape index (κ1) is 22.6. The molecule has 2 aromatic heterocycles. The Morgan fingerprint density at radius 2 is 1.82 bits per heavy atom. The van der Waals surface area contributed by atoms with Crippen LogP contribution in [0.2, 0.25) is 0 Å². The molecule has 1 aliphatic rings. The Kier molecular flexibility index (Phi) is 5.99. The van der Waals surface area contributed by atoms with Gasteiger partial charge in [0, 0.05) is 30.9 Å². The summed E-state index contributed by atoms with van der Waals surface area (Å²) in [5, 5.41) is 0.210. The molecule has 9 heteroatoms. The quantitative estimate of drug-likeness (QED) is 0.553. The molecule has 0 amide bonds. The lowest BCUT2D eigenvalue weighted by molar-refractivity contribution is 0.0539. The van der Waals surface area contributed by atoms with Crippen molar-refractivity contribution >= 4 is 28.9 Å². The normalized spacial score (nSPS) is 14.4. The lowest BCUT2D eigenvalue weighted by Gasteiger charge is -2.27. The first-order valence-corrected chi connectivity index (χ1v) is 10.6. The van der Waals surface area contributed by atoms with Gasteiger partial charge >= 0.3 is 12.1 Å². The van der Waals surface area contributed by atoms with Gasteiger partial charge in [-0.25, -0.2) is 9.59 Å². The number of carbonyl (C=O) groups is 2. The maximum absolute atomic E-state index is 13.1. The largest absolute Gasteiger partial charge is 0.465 e. The Labute approximate surface area is 190 Å². The minimum absolute atomic E-state index is 0.170. The number of rotatable bonds is 3. The van der Waals surface area contributed by atoms with Crippen LogP contribution >= 0.6 is 0 Å². The second-order valence-corrected chi connectivity index (χ2v) is 8.68. The van der Waals surface area contributed by atoms with E-state index in [2.05, 4.69) is 0 Å². The standard InChI is InChI=1S/C24H26N2O7/c1-24(2,3)33-23(29)26-7-5-6-18(26)16-12-15(22(28)30-4)13-17-19(27)14-20(32-21(16)17)25-8-10-31-11-9-25/h5-7,12-14H,8-11H2,1-4H3. The van der Waals surface area contributed by atoms with Gasteiger partial charge in [-0.3, -0.25) is 9.36 Å². The van der Waals surface area contributed by atoms with E-state index in [-0.39, 0.29) is 22.0 Å². The van der Waals surface area contributed by atoms with E-state index >= 15 is 0 Å². The highest BCUT2D eigenvalue weighted by molar-refractivity contribution is 6.01. The summed E-state index contributed by atoms with van der Waals surface area (Å²) in [6.45, 7) is 7.53. The van der Waals surface area contributed by atoms with Gasteiger partial charge < -0.3 is 23.5 Å². The number of benzene rings is 1. The average molecular weight is 454 g/mol. The summed E-state index contributed by atoms with van der Waals surface area (Å²) < 4.78 is 23.3. The van der Waals surface area contributed by atoms with E-state index < -0.39 is 17.7 Å². The minimum Gasteiger partial charge on any atom is -0.465 e. The number of carbonyl (C=O) groups excluding carboxylic acids is 2. The zero-order chi connectivity index (χ0) is 23.8. The lowest BCUT2D eigenvalue weighted by Crippen LogP contribution is -2.36. The van der Waals surface area contributed by atoms with Crippen molar-refractivity contribution < 1.29 is 28.2 Å². The smallest absolute Gasteiger partial charge is 0.418 e. The predicted octanol–water partition coefficient (Wildman–Crippen LogP) is 3.67. The molecule has 1 aliphatic heterocycles. The van der Waals surface area contributed by atoms with Crippen LogP contribution in [-0.2, 0) is 14.2 Å². The molecule has 3 heterocycles. The zero-order valence-corrected chi connectivity index (χ0v) is 19.0. The van der Waals surface area contributed by atoms with Crippen LogP contribution in [0.5, 0.6) is 0 Å². The van der Waals surface area contributed by atoms with E-state index in [0.29, 0.717) is 43.4 Å². The molecule has 0 bridgehead atoms. The number of hydrogen-bond donors (Lipinski definition) is 0. The molecule has 0 radical (unpaired) electrons. The van der Waals surface area contributed by atoms with Crippen LogP contribution in [0, 0.1) is 0 Å². The third-order valence-corrected chi connectivity index (χ3v) is 5.17. The van der Waals surface area contributed by atoms with Gasteiger partial charge in [0.05, 0.1) is 37.0 Å². The Hall–Kier alpha value is -3.59. The van der Waals surface area contributed by atoms with Crippen LogP contribution in [0.3, 0.4) is 0 Å². The van der Waals surface area contributed by atoms with Crippen molar-refractivity contribution in [3.8, 4) is 11.3 Å². The molecule has 0 saturated carbocycles. The molecular weight excluding hydrogens is 428 g/mol. The van der Waals surface area contributed by atoms with Gasteiger partial charge in [-0.2, -0.15) is 0 Å². The highest BCUT2D eigenvalue weighted by Crippen LogP contribution is 2.33. The maximum atomic E-state index is 13.1. The van der Waals surface area contributed by atoms with Gasteiger partial charge in [0.15, 0.2) is 11.3 Å². The summed E-state index contributed by atoms with van der Waals surface area (Å²) in [6.07, 6.45) is 0.968. The van der Waals surface area contributed by atoms with Crippen LogP contribution in [0.25, 0.3) is 22.2 Å². The van der Waals surface area contributed by atoms with Crippen LogP contribution in [-0.4, -0.2) is 55.6 Å². The number of methoxy groups -OCH3 is 1. The Morgan fingerprint density at radius 1 is 1.09 bits per heavy atom. The van der Waals surface area contributed by atoms with Crippen molar-refractivity contribution in [2.24, 2.45) is 0 Å². The van der Waals surface area contributed by atoms with Crippen LogP contribution in [0.15, 0.2) is 45.7 Å². The summed E-state index contributed by atoms with van der Waals surface area (Å²) in [4.78, 5) is 40.2. The molecule has 0 unspecified atom stereocenters. The number of esters is 1. The number of aromatic nitrogens is 1. The van der Waals surface area contributed by atoms with Crippen molar-refractivity contribution in [2.45, 2.75) is 26.4 Å².